The van der Waals surface area contributed by atoms with Crippen molar-refractivity contribution in [3.05, 3.63) is 56.2 Å². The number of H-pyrrole nitrogens is 1. The Balaban J connectivity index is 1.48. The first-order valence-corrected chi connectivity index (χ1v) is 15.9. The summed E-state index contributed by atoms with van der Waals surface area (Å²) in [5.41, 5.74) is 8.26. The molecule has 0 unspecified atom stereocenters. The van der Waals surface area contributed by atoms with Crippen molar-refractivity contribution in [3.8, 4) is 11.4 Å². The first kappa shape index (κ1) is 30.0. The molecule has 9 heteroatoms. The Morgan fingerprint density at radius 2 is 1.57 bits per heavy atom. The molecule has 2 saturated carbocycles. The van der Waals surface area contributed by atoms with Crippen LogP contribution in [-0.2, 0) is 17.9 Å². The number of nitrogens with two attached hydrogens (primary N) is 1. The molecule has 3 aromatic rings. The number of amides is 1. The lowest BCUT2D eigenvalue weighted by Crippen LogP contribution is -2.42. The van der Waals surface area contributed by atoms with Gasteiger partial charge in [0.1, 0.15) is 11.3 Å². The Kier molecular flexibility index (Phi) is 9.77. The van der Waals surface area contributed by atoms with Crippen LogP contribution >= 0.6 is 0 Å². The number of imidazole rings is 1. The van der Waals surface area contributed by atoms with Crippen molar-refractivity contribution in [3.63, 3.8) is 0 Å². The summed E-state index contributed by atoms with van der Waals surface area (Å²) in [5.74, 6) is 0.925. The average molecular weight is 575 g/mol. The molecule has 9 nitrogen and oxygen atoms in total. The van der Waals surface area contributed by atoms with E-state index in [0.717, 1.165) is 62.7 Å². The lowest BCUT2D eigenvalue weighted by molar-refractivity contribution is -0.114. The highest BCUT2D eigenvalue weighted by Crippen LogP contribution is 2.27. The van der Waals surface area contributed by atoms with Gasteiger partial charge in [-0.15, -0.1) is 0 Å². The van der Waals surface area contributed by atoms with Gasteiger partial charge in [0.05, 0.1) is 0 Å². The molecule has 1 amide bonds. The van der Waals surface area contributed by atoms with Crippen LogP contribution in [0.4, 0.5) is 0 Å². The van der Waals surface area contributed by atoms with E-state index in [-0.39, 0.29) is 11.2 Å². The van der Waals surface area contributed by atoms with E-state index in [4.69, 9.17) is 10.7 Å². The minimum absolute atomic E-state index is 0.227. The molecule has 0 saturated heterocycles. The highest BCUT2D eigenvalue weighted by atomic mass is 16.2. The first-order chi connectivity index (χ1) is 20.3. The largest absolute Gasteiger partial charge is 0.366 e. The van der Waals surface area contributed by atoms with E-state index in [0.29, 0.717) is 53.9 Å². The van der Waals surface area contributed by atoms with Gasteiger partial charge in [0, 0.05) is 30.8 Å². The molecule has 2 fully saturated rings. The Bertz CT molecular complexity index is 1520. The number of hydrogen-bond acceptors (Lipinski definition) is 5. The van der Waals surface area contributed by atoms with Gasteiger partial charge in [0.15, 0.2) is 5.65 Å². The quantitative estimate of drug-likeness (QED) is 0.315. The molecule has 1 aromatic carbocycles. The number of hydrogen-bond donors (Lipinski definition) is 2. The fourth-order valence-corrected chi connectivity index (χ4v) is 6.56. The van der Waals surface area contributed by atoms with Gasteiger partial charge < -0.3 is 15.6 Å². The van der Waals surface area contributed by atoms with Gasteiger partial charge in [-0.3, -0.25) is 18.7 Å². The van der Waals surface area contributed by atoms with Gasteiger partial charge in [-0.1, -0.05) is 69.7 Å². The van der Waals surface area contributed by atoms with Crippen LogP contribution in [0.1, 0.15) is 83.1 Å². The molecular weight excluding hydrogens is 528 g/mol. The van der Waals surface area contributed by atoms with Crippen LogP contribution in [0.5, 0.6) is 0 Å². The summed E-state index contributed by atoms with van der Waals surface area (Å²) in [4.78, 5) is 49.8. The lowest BCUT2D eigenvalue weighted by Gasteiger charge is -2.24. The van der Waals surface area contributed by atoms with Gasteiger partial charge in [-0.05, 0) is 69.2 Å². The van der Waals surface area contributed by atoms with Gasteiger partial charge in [-0.25, -0.2) is 9.78 Å². The maximum absolute atomic E-state index is 13.8. The van der Waals surface area contributed by atoms with E-state index < -0.39 is 5.91 Å². The summed E-state index contributed by atoms with van der Waals surface area (Å²) in [6.07, 6.45) is 13.9. The normalized spacial score (nSPS) is 17.4. The number of nitrogens with zero attached hydrogens (tertiary/aromatic N) is 4. The van der Waals surface area contributed by atoms with E-state index in [1.807, 2.05) is 37.4 Å². The zero-order chi connectivity index (χ0) is 29.6. The molecule has 226 valence electrons. The minimum Gasteiger partial charge on any atom is -0.366 e. The SMILES string of the molecule is CCN(C)CC/C(=C\c1ccc(-c2nc3c([nH]2)c(=O)n(CC2CCCCC2)c(=O)n3CC2CCCCC2)cc1)C(N)=O. The van der Waals surface area contributed by atoms with Crippen LogP contribution in [0.2, 0.25) is 0 Å². The number of carbonyl (C=O) groups is 1. The zero-order valence-corrected chi connectivity index (χ0v) is 25.2. The van der Waals surface area contributed by atoms with Crippen molar-refractivity contribution in [1.29, 1.82) is 0 Å². The average Bonchev–Trinajstić information content (AvgIpc) is 3.46. The third-order valence-electron chi connectivity index (χ3n) is 9.34. The van der Waals surface area contributed by atoms with Crippen LogP contribution in [0.3, 0.4) is 0 Å². The topological polar surface area (TPSA) is 119 Å². The third kappa shape index (κ3) is 6.94. The predicted molar refractivity (Wildman–Crippen MR) is 168 cm³/mol. The summed E-state index contributed by atoms with van der Waals surface area (Å²) in [7, 11) is 2.01. The predicted octanol–water partition coefficient (Wildman–Crippen LogP) is 4.92. The van der Waals surface area contributed by atoms with Gasteiger partial charge in [0.2, 0.25) is 5.91 Å². The second-order valence-electron chi connectivity index (χ2n) is 12.4. The van der Waals surface area contributed by atoms with Crippen LogP contribution in [-0.4, -0.2) is 50.0 Å². The number of aromatic amines is 1. The van der Waals surface area contributed by atoms with E-state index in [1.54, 1.807) is 4.57 Å². The van der Waals surface area contributed by atoms with Gasteiger partial charge in [-0.2, -0.15) is 0 Å². The zero-order valence-electron chi connectivity index (χ0n) is 25.2. The first-order valence-electron chi connectivity index (χ1n) is 15.9. The fourth-order valence-electron chi connectivity index (χ4n) is 6.56. The smallest absolute Gasteiger partial charge is 0.332 e. The molecule has 2 heterocycles. The van der Waals surface area contributed by atoms with Crippen molar-refractivity contribution in [2.24, 2.45) is 17.6 Å². The fraction of sp³-hybridized carbons (Fsp3) is 0.576. The lowest BCUT2D eigenvalue weighted by atomic mass is 9.89. The number of benzene rings is 1. The molecule has 42 heavy (non-hydrogen) atoms. The molecule has 3 N–H and O–H groups in total. The minimum atomic E-state index is -0.415. The summed E-state index contributed by atoms with van der Waals surface area (Å²) in [5, 5.41) is 0. The standard InChI is InChI=1S/C33H46N6O3/c1-3-37(2)19-18-27(29(34)40)20-23-14-16-26(17-15-23)30-35-28-31(36-30)38(21-24-10-6-4-7-11-24)33(42)39(32(28)41)22-25-12-8-5-9-13-25/h14-17,20,24-25H,3-13,18-19,21-22H2,1-2H3,(H2,34,40)(H,35,36)/b27-20+. The maximum atomic E-state index is 13.8. The molecule has 0 radical (unpaired) electrons. The Hall–Kier alpha value is -3.46. The van der Waals surface area contributed by atoms with Crippen molar-refractivity contribution >= 4 is 23.1 Å². The molecule has 2 aliphatic carbocycles. The Morgan fingerprint density at radius 1 is 0.976 bits per heavy atom. The monoisotopic (exact) mass is 574 g/mol. The second kappa shape index (κ2) is 13.7. The van der Waals surface area contributed by atoms with Crippen LogP contribution in [0.25, 0.3) is 28.6 Å². The van der Waals surface area contributed by atoms with Gasteiger partial charge in [0.25, 0.3) is 5.56 Å². The van der Waals surface area contributed by atoms with Crippen LogP contribution in [0.15, 0.2) is 39.4 Å². The van der Waals surface area contributed by atoms with E-state index >= 15 is 0 Å². The summed E-state index contributed by atoms with van der Waals surface area (Å²) in [6, 6.07) is 7.69. The molecule has 0 spiro atoms. The van der Waals surface area contributed by atoms with Crippen LogP contribution < -0.4 is 17.0 Å². The van der Waals surface area contributed by atoms with Crippen molar-refractivity contribution in [1.82, 2.24) is 24.0 Å². The molecule has 0 atom stereocenters. The Morgan fingerprint density at radius 3 is 2.14 bits per heavy atom. The molecule has 5 rings (SSSR count). The van der Waals surface area contributed by atoms with E-state index in [1.165, 1.54) is 30.3 Å². The Labute approximate surface area is 247 Å². The number of carbonyl (C=O) groups excluding carboxylic acids is 1. The highest BCUT2D eigenvalue weighted by molar-refractivity contribution is 5.96. The molecule has 2 aliphatic rings. The summed E-state index contributed by atoms with van der Waals surface area (Å²) < 4.78 is 3.23. The number of nitrogens with one attached hydrogen (secondary N) is 1. The number of primary amides is 1. The second-order valence-corrected chi connectivity index (χ2v) is 12.4. The van der Waals surface area contributed by atoms with Crippen LogP contribution in [0, 0.1) is 11.8 Å². The van der Waals surface area contributed by atoms with Crippen molar-refractivity contribution < 1.29 is 4.79 Å². The van der Waals surface area contributed by atoms with E-state index in [2.05, 4.69) is 16.8 Å². The molecule has 2 aromatic heterocycles. The van der Waals surface area contributed by atoms with Crippen molar-refractivity contribution in [2.75, 3.05) is 20.1 Å². The number of rotatable bonds is 11. The summed E-state index contributed by atoms with van der Waals surface area (Å²) in [6.45, 7) is 4.80. The third-order valence-corrected chi connectivity index (χ3v) is 9.34. The van der Waals surface area contributed by atoms with Gasteiger partial charge >= 0.3 is 5.69 Å². The molecule has 0 bridgehead atoms. The maximum Gasteiger partial charge on any atom is 0.332 e. The highest BCUT2D eigenvalue weighted by Gasteiger charge is 2.24. The molecular formula is C33H46N6O3. The summed E-state index contributed by atoms with van der Waals surface area (Å²) >= 11 is 0. The molecule has 0 aliphatic heterocycles. The van der Waals surface area contributed by atoms with E-state index in [9.17, 15) is 14.4 Å². The number of fused-ring (bicyclic) bond motifs is 1. The number of aromatic nitrogens is 4. The van der Waals surface area contributed by atoms with Crippen molar-refractivity contribution in [2.45, 2.75) is 90.6 Å².